The molecule has 12 rings (SSSR count). The molecule has 1 nitrogen and oxygen atoms in total. The minimum Gasteiger partial charge on any atom is -0.310 e. The summed E-state index contributed by atoms with van der Waals surface area (Å²) in [7, 11) is 0. The van der Waals surface area contributed by atoms with Crippen LogP contribution in [0.25, 0.3) is 53.6 Å². The summed E-state index contributed by atoms with van der Waals surface area (Å²) in [6.07, 6.45) is 0. The first-order valence-corrected chi connectivity index (χ1v) is 21.7. The molecular formula is C58H41NS. The second-order valence-electron chi connectivity index (χ2n) is 16.8. The number of benzene rings is 9. The lowest BCUT2D eigenvalue weighted by atomic mass is 9.55. The first-order valence-electron chi connectivity index (χ1n) is 20.9. The van der Waals surface area contributed by atoms with Gasteiger partial charge in [-0.2, -0.15) is 0 Å². The predicted molar refractivity (Wildman–Crippen MR) is 254 cm³/mol. The molecule has 2 heteroatoms. The molecule has 10 aromatic rings. The second kappa shape index (κ2) is 13.3. The van der Waals surface area contributed by atoms with Crippen LogP contribution in [0.3, 0.4) is 0 Å². The van der Waals surface area contributed by atoms with Crippen molar-refractivity contribution in [1.29, 1.82) is 0 Å². The van der Waals surface area contributed by atoms with E-state index in [1.165, 1.54) is 86.9 Å². The Morgan fingerprint density at radius 2 is 0.883 bits per heavy atom. The van der Waals surface area contributed by atoms with E-state index in [-0.39, 0.29) is 5.41 Å². The van der Waals surface area contributed by atoms with Crippen LogP contribution in [-0.2, 0) is 10.8 Å². The second-order valence-corrected chi connectivity index (χ2v) is 17.9. The highest BCUT2D eigenvalue weighted by Gasteiger charge is 2.53. The van der Waals surface area contributed by atoms with Gasteiger partial charge in [0.2, 0.25) is 0 Å². The van der Waals surface area contributed by atoms with Gasteiger partial charge in [-0.3, -0.25) is 0 Å². The molecule has 0 atom stereocenters. The molecule has 1 spiro atoms. The quantitative estimate of drug-likeness (QED) is 0.168. The van der Waals surface area contributed by atoms with Gasteiger partial charge in [-0.15, -0.1) is 11.3 Å². The number of thiophene rings is 1. The molecule has 60 heavy (non-hydrogen) atoms. The molecule has 9 aromatic carbocycles. The zero-order chi connectivity index (χ0) is 40.0. The lowest BCUT2D eigenvalue weighted by Crippen LogP contribution is -2.40. The van der Waals surface area contributed by atoms with Crippen LogP contribution in [0.5, 0.6) is 0 Å². The molecule has 2 aliphatic rings. The van der Waals surface area contributed by atoms with E-state index in [2.05, 4.69) is 231 Å². The summed E-state index contributed by atoms with van der Waals surface area (Å²) in [4.78, 5) is 2.43. The van der Waals surface area contributed by atoms with E-state index < -0.39 is 5.41 Å². The van der Waals surface area contributed by atoms with E-state index in [9.17, 15) is 0 Å². The zero-order valence-corrected chi connectivity index (χ0v) is 34.4. The Balaban J connectivity index is 1.07. The summed E-state index contributed by atoms with van der Waals surface area (Å²) >= 11 is 1.86. The van der Waals surface area contributed by atoms with Gasteiger partial charge in [0, 0.05) is 42.6 Å². The Hall–Kier alpha value is -7.00. The fourth-order valence-corrected chi connectivity index (χ4v) is 11.8. The van der Waals surface area contributed by atoms with E-state index >= 15 is 0 Å². The highest BCUT2D eigenvalue weighted by Crippen LogP contribution is 2.63. The lowest BCUT2D eigenvalue weighted by Gasteiger charge is -2.46. The number of fused-ring (bicyclic) bond motifs is 12. The molecule has 1 heterocycles. The fraction of sp³-hybridized carbons (Fsp3) is 0.0690. The zero-order valence-electron chi connectivity index (χ0n) is 33.6. The first kappa shape index (κ1) is 35.0. The highest BCUT2D eigenvalue weighted by molar-refractivity contribution is 7.25. The Kier molecular flexibility index (Phi) is 7.73. The monoisotopic (exact) mass is 783 g/mol. The molecule has 0 radical (unpaired) electrons. The summed E-state index contributed by atoms with van der Waals surface area (Å²) in [5.74, 6) is 0. The Morgan fingerprint density at radius 3 is 1.65 bits per heavy atom. The highest BCUT2D eigenvalue weighted by atomic mass is 32.1. The molecule has 0 unspecified atom stereocenters. The van der Waals surface area contributed by atoms with Gasteiger partial charge in [-0.05, 0) is 115 Å². The first-order chi connectivity index (χ1) is 29.5. The molecule has 1 aromatic heterocycles. The number of hydrogen-bond donors (Lipinski definition) is 0. The normalized spacial score (nSPS) is 14.1. The average molecular weight is 784 g/mol. The smallest absolute Gasteiger partial charge is 0.0719 e. The third-order valence-electron chi connectivity index (χ3n) is 13.3. The van der Waals surface area contributed by atoms with Crippen LogP contribution in [0.4, 0.5) is 17.1 Å². The minimum absolute atomic E-state index is 0.136. The third-order valence-corrected chi connectivity index (χ3v) is 14.5. The van der Waals surface area contributed by atoms with E-state index in [1.807, 2.05) is 11.3 Å². The summed E-state index contributed by atoms with van der Waals surface area (Å²) in [6, 6.07) is 79.2. The molecule has 284 valence electrons. The maximum Gasteiger partial charge on any atom is 0.0719 e. The van der Waals surface area contributed by atoms with Gasteiger partial charge in [-0.25, -0.2) is 0 Å². The topological polar surface area (TPSA) is 3.24 Å². The number of rotatable bonds is 5. The molecule has 0 aliphatic heterocycles. The van der Waals surface area contributed by atoms with Crippen molar-refractivity contribution >= 4 is 48.6 Å². The SMILES string of the molecule is CC1(C)c2ccccc2C2(c3ccccc3-c3c(-c4cccc(N(c5ccc(-c6ccccc6)cc5)c5ccc6sc7ccccc7c6c5)c4)cccc32)c2ccccc21. The van der Waals surface area contributed by atoms with Crippen LogP contribution < -0.4 is 4.90 Å². The maximum absolute atomic E-state index is 2.43. The molecule has 0 N–H and O–H groups in total. The van der Waals surface area contributed by atoms with Crippen LogP contribution >= 0.6 is 11.3 Å². The van der Waals surface area contributed by atoms with Crippen LogP contribution in [0.1, 0.15) is 47.2 Å². The van der Waals surface area contributed by atoms with Crippen molar-refractivity contribution in [2.75, 3.05) is 4.90 Å². The van der Waals surface area contributed by atoms with Crippen LogP contribution in [0.15, 0.2) is 212 Å². The molecule has 2 aliphatic carbocycles. The van der Waals surface area contributed by atoms with Crippen molar-refractivity contribution < 1.29 is 0 Å². The van der Waals surface area contributed by atoms with E-state index in [1.54, 1.807) is 0 Å². The number of hydrogen-bond acceptors (Lipinski definition) is 2. The Labute approximate surface area is 355 Å². The summed E-state index contributed by atoms with van der Waals surface area (Å²) in [5, 5.41) is 2.59. The Morgan fingerprint density at radius 1 is 0.350 bits per heavy atom. The van der Waals surface area contributed by atoms with E-state index in [0.29, 0.717) is 0 Å². The van der Waals surface area contributed by atoms with Crippen LogP contribution in [-0.4, -0.2) is 0 Å². The van der Waals surface area contributed by atoms with Crippen molar-refractivity contribution in [3.05, 3.63) is 246 Å². The van der Waals surface area contributed by atoms with Crippen molar-refractivity contribution in [2.45, 2.75) is 24.7 Å². The molecule has 0 amide bonds. The van der Waals surface area contributed by atoms with Crippen LogP contribution in [0.2, 0.25) is 0 Å². The van der Waals surface area contributed by atoms with Gasteiger partial charge in [0.25, 0.3) is 0 Å². The standard InChI is InChI=1S/C58H41NS/c1-57(2)49-24-9-11-26-51(49)58(52-27-12-10-25-50(52)57)48-23-8-6-21-46(48)56-44(22-15-28-53(56)58)40-18-14-19-42(36-40)59(41-32-30-39(31-33-41)38-16-4-3-5-17-38)43-34-35-55-47(37-43)45-20-7-13-29-54(45)60-55/h3-37H,1-2H3. The minimum atomic E-state index is -0.437. The van der Waals surface area contributed by atoms with Gasteiger partial charge < -0.3 is 4.90 Å². The summed E-state index contributed by atoms with van der Waals surface area (Å²) in [5.41, 5.74) is 18.5. The predicted octanol–water partition coefficient (Wildman–Crippen LogP) is 15.9. The molecular weight excluding hydrogens is 743 g/mol. The fourth-order valence-electron chi connectivity index (χ4n) is 10.7. The molecule has 0 saturated carbocycles. The van der Waals surface area contributed by atoms with Gasteiger partial charge >= 0.3 is 0 Å². The van der Waals surface area contributed by atoms with Gasteiger partial charge in [0.1, 0.15) is 0 Å². The Bertz CT molecular complexity index is 3250. The molecule has 0 saturated heterocycles. The average Bonchev–Trinajstić information content (AvgIpc) is 3.83. The summed E-state index contributed by atoms with van der Waals surface area (Å²) < 4.78 is 2.61. The maximum atomic E-state index is 2.43. The van der Waals surface area contributed by atoms with Crippen LogP contribution in [0, 0.1) is 0 Å². The summed E-state index contributed by atoms with van der Waals surface area (Å²) in [6.45, 7) is 4.78. The van der Waals surface area contributed by atoms with Crippen molar-refractivity contribution in [3.8, 4) is 33.4 Å². The van der Waals surface area contributed by atoms with Crippen molar-refractivity contribution in [3.63, 3.8) is 0 Å². The van der Waals surface area contributed by atoms with Gasteiger partial charge in [0.15, 0.2) is 0 Å². The largest absolute Gasteiger partial charge is 0.310 e. The van der Waals surface area contributed by atoms with Crippen molar-refractivity contribution in [1.82, 2.24) is 0 Å². The van der Waals surface area contributed by atoms with E-state index in [0.717, 1.165) is 17.1 Å². The van der Waals surface area contributed by atoms with Gasteiger partial charge in [-0.1, -0.05) is 178 Å². The number of nitrogens with zero attached hydrogens (tertiary/aromatic N) is 1. The third kappa shape index (κ3) is 4.98. The number of anilines is 3. The lowest BCUT2D eigenvalue weighted by molar-refractivity contribution is 0.563. The van der Waals surface area contributed by atoms with Crippen molar-refractivity contribution in [2.24, 2.45) is 0 Å². The van der Waals surface area contributed by atoms with E-state index in [4.69, 9.17) is 0 Å². The molecule has 0 fully saturated rings. The van der Waals surface area contributed by atoms with Gasteiger partial charge in [0.05, 0.1) is 5.41 Å². The molecule has 0 bridgehead atoms.